The second-order valence-electron chi connectivity index (χ2n) is 4.82. The number of nitrogens with one attached hydrogen (secondary N) is 1. The van der Waals surface area contributed by atoms with E-state index in [9.17, 15) is 18.0 Å². The van der Waals surface area contributed by atoms with Crippen molar-refractivity contribution in [3.05, 3.63) is 33.5 Å². The quantitative estimate of drug-likeness (QED) is 0.863. The Balaban J connectivity index is 1.70. The maximum atomic E-state index is 12.5. The highest BCUT2D eigenvalue weighted by Crippen LogP contribution is 2.37. The van der Waals surface area contributed by atoms with Crippen molar-refractivity contribution in [2.24, 2.45) is 0 Å². The van der Waals surface area contributed by atoms with Crippen LogP contribution in [0.3, 0.4) is 0 Å². The van der Waals surface area contributed by atoms with Gasteiger partial charge in [0.1, 0.15) is 4.88 Å². The van der Waals surface area contributed by atoms with Crippen LogP contribution in [0.5, 0.6) is 0 Å². The molecule has 1 atom stereocenters. The van der Waals surface area contributed by atoms with Crippen molar-refractivity contribution in [2.45, 2.75) is 25.1 Å². The largest absolute Gasteiger partial charge is 0.427 e. The Morgan fingerprint density at radius 1 is 1.45 bits per heavy atom. The fourth-order valence-corrected chi connectivity index (χ4v) is 3.96. The van der Waals surface area contributed by atoms with E-state index in [1.165, 1.54) is 0 Å². The first-order valence-corrected chi connectivity index (χ1v) is 8.29. The van der Waals surface area contributed by atoms with Gasteiger partial charge in [-0.1, -0.05) is 17.4 Å². The Morgan fingerprint density at radius 2 is 2.27 bits per heavy atom. The average molecular weight is 347 g/mol. The third kappa shape index (κ3) is 3.09. The molecule has 0 saturated carbocycles. The number of urea groups is 1. The minimum absolute atomic E-state index is 0.0120. The lowest BCUT2D eigenvalue weighted by atomic mass is 10.2. The van der Waals surface area contributed by atoms with Crippen LogP contribution in [0.25, 0.3) is 0 Å². The second kappa shape index (κ2) is 5.88. The Labute approximate surface area is 132 Å². The monoisotopic (exact) mass is 347 g/mol. The molecule has 118 valence electrons. The summed E-state index contributed by atoms with van der Waals surface area (Å²) in [6.45, 7) is 0.589. The van der Waals surface area contributed by atoms with Crippen molar-refractivity contribution < 1.29 is 18.0 Å². The maximum absolute atomic E-state index is 12.5. The van der Waals surface area contributed by atoms with Gasteiger partial charge in [-0.15, -0.1) is 11.3 Å². The summed E-state index contributed by atoms with van der Waals surface area (Å²) in [4.78, 5) is 17.8. The Kier molecular flexibility index (Phi) is 4.09. The molecule has 0 radical (unpaired) electrons. The number of alkyl halides is 3. The zero-order valence-corrected chi connectivity index (χ0v) is 12.9. The summed E-state index contributed by atoms with van der Waals surface area (Å²) in [7, 11) is 0. The summed E-state index contributed by atoms with van der Waals surface area (Å²) in [6.07, 6.45) is -1.96. The molecule has 0 spiro atoms. The van der Waals surface area contributed by atoms with Gasteiger partial charge in [0.05, 0.1) is 12.2 Å². The van der Waals surface area contributed by atoms with Gasteiger partial charge < -0.3 is 4.90 Å². The summed E-state index contributed by atoms with van der Waals surface area (Å²) in [5.74, 6) is 0. The molecule has 1 aliphatic heterocycles. The van der Waals surface area contributed by atoms with Crippen LogP contribution >= 0.6 is 22.7 Å². The number of nitrogens with zero attached hydrogens (tertiary/aromatic N) is 2. The molecule has 1 aliphatic rings. The molecule has 1 saturated heterocycles. The lowest BCUT2D eigenvalue weighted by Crippen LogP contribution is -2.34. The molecule has 1 fully saturated rings. The van der Waals surface area contributed by atoms with Crippen molar-refractivity contribution in [3.63, 3.8) is 0 Å². The van der Waals surface area contributed by atoms with E-state index in [1.54, 1.807) is 16.2 Å². The van der Waals surface area contributed by atoms with Gasteiger partial charge in [-0.3, -0.25) is 5.32 Å². The van der Waals surface area contributed by atoms with E-state index in [0.29, 0.717) is 17.9 Å². The van der Waals surface area contributed by atoms with Crippen LogP contribution in [-0.4, -0.2) is 22.5 Å². The van der Waals surface area contributed by atoms with Crippen LogP contribution in [0.4, 0.5) is 23.1 Å². The molecule has 3 heterocycles. The number of amides is 2. The number of thiophene rings is 1. The molecule has 9 heteroatoms. The molecule has 0 aliphatic carbocycles. The first-order chi connectivity index (χ1) is 10.4. The molecule has 22 heavy (non-hydrogen) atoms. The molecule has 2 aromatic rings. The van der Waals surface area contributed by atoms with Crippen molar-refractivity contribution in [1.82, 2.24) is 9.88 Å². The van der Waals surface area contributed by atoms with Gasteiger partial charge in [-0.25, -0.2) is 9.78 Å². The standard InChI is InChI=1S/C13H12F3N3OS2/c14-13(15,16)10-7-17-11(22-10)18-12(20)19-5-1-3-8(19)9-4-2-6-21-9/h2,4,6-8H,1,3,5H2,(H,17,18,20)/t8-/m1/s1. The summed E-state index contributed by atoms with van der Waals surface area (Å²) < 4.78 is 37.6. The predicted octanol–water partition coefficient (Wildman–Crippen LogP) is 4.59. The van der Waals surface area contributed by atoms with Gasteiger partial charge in [0.15, 0.2) is 5.13 Å². The third-order valence-corrected chi connectivity index (χ3v) is 5.32. The highest BCUT2D eigenvalue weighted by molar-refractivity contribution is 7.15. The normalized spacial score (nSPS) is 18.7. The van der Waals surface area contributed by atoms with Crippen molar-refractivity contribution >= 4 is 33.8 Å². The Bertz CT molecular complexity index is 654. The average Bonchev–Trinajstić information content (AvgIpc) is 3.18. The van der Waals surface area contributed by atoms with Crippen molar-refractivity contribution in [2.75, 3.05) is 11.9 Å². The number of likely N-dealkylation sites (tertiary alicyclic amines) is 1. The van der Waals surface area contributed by atoms with E-state index in [0.717, 1.165) is 23.9 Å². The van der Waals surface area contributed by atoms with E-state index in [1.807, 2.05) is 17.5 Å². The van der Waals surface area contributed by atoms with E-state index in [2.05, 4.69) is 10.3 Å². The minimum atomic E-state index is -4.44. The zero-order chi connectivity index (χ0) is 15.7. The number of hydrogen-bond acceptors (Lipinski definition) is 4. The van der Waals surface area contributed by atoms with Crippen LogP contribution in [0, 0.1) is 0 Å². The fourth-order valence-electron chi connectivity index (χ4n) is 2.41. The number of thiazole rings is 1. The number of aromatic nitrogens is 1. The van der Waals surface area contributed by atoms with Crippen LogP contribution < -0.4 is 5.32 Å². The van der Waals surface area contributed by atoms with Crippen molar-refractivity contribution in [3.8, 4) is 0 Å². The second-order valence-corrected chi connectivity index (χ2v) is 6.83. The van der Waals surface area contributed by atoms with Crippen LogP contribution in [0.15, 0.2) is 23.7 Å². The molecule has 0 unspecified atom stereocenters. The highest BCUT2D eigenvalue weighted by atomic mass is 32.1. The molecule has 2 amide bonds. The number of carbonyl (C=O) groups is 1. The van der Waals surface area contributed by atoms with Gasteiger partial charge in [0.25, 0.3) is 0 Å². The van der Waals surface area contributed by atoms with Gasteiger partial charge in [-0.2, -0.15) is 13.2 Å². The molecule has 4 nitrogen and oxygen atoms in total. The highest BCUT2D eigenvalue weighted by Gasteiger charge is 2.34. The molecule has 3 rings (SSSR count). The molecule has 0 bridgehead atoms. The summed E-state index contributed by atoms with van der Waals surface area (Å²) >= 11 is 2.01. The van der Waals surface area contributed by atoms with Gasteiger partial charge in [-0.05, 0) is 24.3 Å². The predicted molar refractivity (Wildman–Crippen MR) is 79.1 cm³/mol. The van der Waals surface area contributed by atoms with Crippen LogP contribution in [0.2, 0.25) is 0 Å². The number of hydrogen-bond donors (Lipinski definition) is 1. The van der Waals surface area contributed by atoms with E-state index in [-0.39, 0.29) is 11.2 Å². The van der Waals surface area contributed by atoms with Crippen LogP contribution in [-0.2, 0) is 6.18 Å². The minimum Gasteiger partial charge on any atom is -0.317 e. The fraction of sp³-hybridized carbons (Fsp3) is 0.385. The summed E-state index contributed by atoms with van der Waals surface area (Å²) in [6, 6.07) is 3.47. The molecule has 2 aromatic heterocycles. The first-order valence-electron chi connectivity index (χ1n) is 6.59. The number of carbonyl (C=O) groups excluding carboxylic acids is 1. The van der Waals surface area contributed by atoms with E-state index >= 15 is 0 Å². The number of rotatable bonds is 2. The molecule has 1 N–H and O–H groups in total. The lowest BCUT2D eigenvalue weighted by molar-refractivity contribution is -0.134. The first kappa shape index (κ1) is 15.3. The van der Waals surface area contributed by atoms with Gasteiger partial charge in [0, 0.05) is 11.4 Å². The molecular formula is C13H12F3N3OS2. The summed E-state index contributed by atoms with van der Waals surface area (Å²) in [5.41, 5.74) is 0. The SMILES string of the molecule is O=C(Nc1ncc(C(F)(F)F)s1)N1CCC[C@@H]1c1cccs1. The molecule has 0 aromatic carbocycles. The van der Waals surface area contributed by atoms with Crippen molar-refractivity contribution in [1.29, 1.82) is 0 Å². The number of anilines is 1. The third-order valence-electron chi connectivity index (χ3n) is 3.38. The summed E-state index contributed by atoms with van der Waals surface area (Å²) in [5, 5.41) is 4.38. The molecular weight excluding hydrogens is 335 g/mol. The van der Waals surface area contributed by atoms with E-state index < -0.39 is 17.1 Å². The number of halogens is 3. The topological polar surface area (TPSA) is 45.2 Å². The maximum Gasteiger partial charge on any atom is 0.427 e. The lowest BCUT2D eigenvalue weighted by Gasteiger charge is -2.23. The Hall–Kier alpha value is -1.61. The zero-order valence-electron chi connectivity index (χ0n) is 11.3. The smallest absolute Gasteiger partial charge is 0.317 e. The van der Waals surface area contributed by atoms with Crippen LogP contribution in [0.1, 0.15) is 28.6 Å². The van der Waals surface area contributed by atoms with E-state index in [4.69, 9.17) is 0 Å². The Morgan fingerprint density at radius 3 is 2.91 bits per heavy atom. The van der Waals surface area contributed by atoms with Gasteiger partial charge in [0.2, 0.25) is 0 Å². The van der Waals surface area contributed by atoms with Gasteiger partial charge >= 0.3 is 12.2 Å².